The second-order valence-electron chi connectivity index (χ2n) is 6.14. The minimum absolute atomic E-state index is 0.193. The van der Waals surface area contributed by atoms with E-state index < -0.39 is 17.2 Å². The lowest BCUT2D eigenvalue weighted by Gasteiger charge is -2.09. The van der Waals surface area contributed by atoms with Crippen molar-refractivity contribution in [2.75, 3.05) is 5.32 Å². The van der Waals surface area contributed by atoms with Crippen LogP contribution in [0.3, 0.4) is 0 Å². The molecular weight excluding hydrogens is 346 g/mol. The summed E-state index contributed by atoms with van der Waals surface area (Å²) >= 11 is 0. The lowest BCUT2D eigenvalue weighted by Crippen LogP contribution is -2.37. The number of carbonyl (C=O) groups excluding carboxylic acids is 1. The number of rotatable bonds is 2. The molecule has 0 saturated heterocycles. The number of anilines is 1. The van der Waals surface area contributed by atoms with Crippen LogP contribution in [-0.4, -0.2) is 25.0 Å². The average molecular weight is 361 g/mol. The van der Waals surface area contributed by atoms with E-state index >= 15 is 0 Å². The Balaban J connectivity index is 1.74. The topological polar surface area (TPSA) is 98.9 Å². The molecule has 0 radical (unpaired) electrons. The van der Waals surface area contributed by atoms with E-state index in [4.69, 9.17) is 0 Å². The van der Waals surface area contributed by atoms with E-state index in [0.29, 0.717) is 5.82 Å². The van der Waals surface area contributed by atoms with Gasteiger partial charge in [0.05, 0.1) is 16.5 Å². The Hall–Kier alpha value is -3.81. The summed E-state index contributed by atoms with van der Waals surface area (Å²) in [4.78, 5) is 45.4. The van der Waals surface area contributed by atoms with Crippen LogP contribution in [-0.2, 0) is 14.1 Å². The van der Waals surface area contributed by atoms with E-state index in [-0.39, 0.29) is 16.6 Å². The van der Waals surface area contributed by atoms with E-state index in [9.17, 15) is 14.4 Å². The van der Waals surface area contributed by atoms with Crippen molar-refractivity contribution < 1.29 is 4.79 Å². The van der Waals surface area contributed by atoms with Gasteiger partial charge in [-0.25, -0.2) is 14.8 Å². The molecule has 8 heteroatoms. The van der Waals surface area contributed by atoms with Crippen LogP contribution in [0.4, 0.5) is 5.82 Å². The van der Waals surface area contributed by atoms with E-state index in [1.165, 1.54) is 30.9 Å². The second-order valence-corrected chi connectivity index (χ2v) is 6.14. The van der Waals surface area contributed by atoms with Crippen LogP contribution >= 0.6 is 0 Å². The molecule has 0 atom stereocenters. The number of benzene rings is 1. The Morgan fingerprint density at radius 3 is 2.63 bits per heavy atom. The zero-order valence-corrected chi connectivity index (χ0v) is 14.6. The molecule has 0 aliphatic carbocycles. The number of pyridine rings is 2. The van der Waals surface area contributed by atoms with Crippen molar-refractivity contribution in [1.29, 1.82) is 0 Å². The molecule has 0 aliphatic rings. The van der Waals surface area contributed by atoms with Crippen molar-refractivity contribution in [1.82, 2.24) is 19.1 Å². The van der Waals surface area contributed by atoms with E-state index in [1.807, 2.05) is 30.3 Å². The molecule has 27 heavy (non-hydrogen) atoms. The molecule has 3 heterocycles. The number of fused-ring (bicyclic) bond motifs is 2. The summed E-state index contributed by atoms with van der Waals surface area (Å²) in [5.41, 5.74) is 0.212. The molecule has 0 fully saturated rings. The fourth-order valence-corrected chi connectivity index (χ4v) is 2.91. The van der Waals surface area contributed by atoms with Gasteiger partial charge in [-0.15, -0.1) is 0 Å². The maximum Gasteiger partial charge on any atom is 0.332 e. The highest BCUT2D eigenvalue weighted by Gasteiger charge is 2.14. The van der Waals surface area contributed by atoms with Crippen molar-refractivity contribution in [3.8, 4) is 0 Å². The number of carbonyl (C=O) groups is 1. The maximum absolute atomic E-state index is 12.6. The highest BCUT2D eigenvalue weighted by Crippen LogP contribution is 2.16. The van der Waals surface area contributed by atoms with Crippen LogP contribution in [0.5, 0.6) is 0 Å². The van der Waals surface area contributed by atoms with Gasteiger partial charge in [-0.05, 0) is 24.3 Å². The number of hydrogen-bond acceptors (Lipinski definition) is 5. The zero-order valence-electron chi connectivity index (χ0n) is 14.6. The fraction of sp³-hybridized carbons (Fsp3) is 0.105. The summed E-state index contributed by atoms with van der Waals surface area (Å²) in [5, 5.41) is 3.87. The Morgan fingerprint density at radius 2 is 1.81 bits per heavy atom. The summed E-state index contributed by atoms with van der Waals surface area (Å²) in [6.45, 7) is 0. The third-order valence-corrected chi connectivity index (χ3v) is 4.40. The molecule has 1 aromatic carbocycles. The molecule has 4 aromatic rings. The van der Waals surface area contributed by atoms with Gasteiger partial charge < -0.3 is 5.32 Å². The van der Waals surface area contributed by atoms with Gasteiger partial charge in [0.15, 0.2) is 0 Å². The molecule has 0 bridgehead atoms. The summed E-state index contributed by atoms with van der Waals surface area (Å²) < 4.78 is 2.25. The zero-order chi connectivity index (χ0) is 19.1. The van der Waals surface area contributed by atoms with Crippen molar-refractivity contribution in [2.45, 2.75) is 0 Å². The molecule has 4 rings (SSSR count). The quantitative estimate of drug-likeness (QED) is 0.582. The molecule has 8 nitrogen and oxygen atoms in total. The number of nitrogens with zero attached hydrogens (tertiary/aromatic N) is 4. The number of hydrogen-bond donors (Lipinski definition) is 1. The lowest BCUT2D eigenvalue weighted by molar-refractivity contribution is 0.102. The first-order chi connectivity index (χ1) is 13.0. The predicted molar refractivity (Wildman–Crippen MR) is 102 cm³/mol. The number of amides is 1. The first kappa shape index (κ1) is 16.6. The Labute approximate surface area is 152 Å². The normalized spacial score (nSPS) is 11.0. The minimum Gasteiger partial charge on any atom is -0.306 e. The van der Waals surface area contributed by atoms with Gasteiger partial charge in [0.25, 0.3) is 11.5 Å². The summed E-state index contributed by atoms with van der Waals surface area (Å²) in [6.07, 6.45) is 1.33. The minimum atomic E-state index is -0.501. The SMILES string of the molecule is Cn1c(=O)c2cc(C(=O)Nc3ccc4ccccc4n3)cnc2n(C)c1=O. The molecule has 3 aromatic heterocycles. The Kier molecular flexibility index (Phi) is 3.80. The van der Waals surface area contributed by atoms with Crippen molar-refractivity contribution in [3.05, 3.63) is 75.1 Å². The van der Waals surface area contributed by atoms with Gasteiger partial charge >= 0.3 is 5.69 Å². The Bertz CT molecular complexity index is 1340. The molecule has 1 amide bonds. The first-order valence-corrected chi connectivity index (χ1v) is 8.18. The maximum atomic E-state index is 12.6. The van der Waals surface area contributed by atoms with Gasteiger partial charge in [-0.1, -0.05) is 18.2 Å². The molecule has 0 saturated carbocycles. The van der Waals surface area contributed by atoms with Crippen LogP contribution in [0, 0.1) is 0 Å². The predicted octanol–water partition coefficient (Wildman–Crippen LogP) is 1.43. The summed E-state index contributed by atoms with van der Waals surface area (Å²) in [6, 6.07) is 12.6. The first-order valence-electron chi connectivity index (χ1n) is 8.18. The van der Waals surface area contributed by atoms with E-state index in [1.54, 1.807) is 6.07 Å². The van der Waals surface area contributed by atoms with Gasteiger partial charge in [0.1, 0.15) is 11.5 Å². The number of para-hydroxylation sites is 1. The van der Waals surface area contributed by atoms with Crippen LogP contribution in [0.2, 0.25) is 0 Å². The molecular formula is C19H15N5O3. The van der Waals surface area contributed by atoms with Crippen LogP contribution in [0.15, 0.2) is 58.3 Å². The third-order valence-electron chi connectivity index (χ3n) is 4.40. The van der Waals surface area contributed by atoms with Crippen LogP contribution < -0.4 is 16.6 Å². The monoisotopic (exact) mass is 361 g/mol. The van der Waals surface area contributed by atoms with Crippen molar-refractivity contribution >= 4 is 33.7 Å². The van der Waals surface area contributed by atoms with Crippen molar-refractivity contribution in [2.24, 2.45) is 14.1 Å². The molecule has 0 aliphatic heterocycles. The van der Waals surface area contributed by atoms with E-state index in [0.717, 1.165) is 15.5 Å². The van der Waals surface area contributed by atoms with Crippen LogP contribution in [0.25, 0.3) is 21.9 Å². The van der Waals surface area contributed by atoms with Gasteiger partial charge in [0, 0.05) is 25.7 Å². The van der Waals surface area contributed by atoms with Gasteiger partial charge in [0.2, 0.25) is 0 Å². The largest absolute Gasteiger partial charge is 0.332 e. The second kappa shape index (κ2) is 6.17. The highest BCUT2D eigenvalue weighted by molar-refractivity contribution is 6.05. The number of aryl methyl sites for hydroxylation is 1. The molecule has 0 unspecified atom stereocenters. The average Bonchev–Trinajstić information content (AvgIpc) is 2.70. The summed E-state index contributed by atoms with van der Waals surface area (Å²) in [5.74, 6) is -0.0461. The number of aromatic nitrogens is 4. The van der Waals surface area contributed by atoms with Crippen molar-refractivity contribution in [3.63, 3.8) is 0 Å². The standard InChI is InChI=1S/C19H15N5O3/c1-23-16-13(18(26)24(2)19(23)27)9-12(10-20-16)17(25)22-15-8-7-11-5-3-4-6-14(11)21-15/h3-10H,1-2H3,(H,21,22,25). The smallest absolute Gasteiger partial charge is 0.306 e. The number of nitrogens with one attached hydrogen (secondary N) is 1. The fourth-order valence-electron chi connectivity index (χ4n) is 2.91. The molecule has 134 valence electrons. The van der Waals surface area contributed by atoms with Crippen LogP contribution in [0.1, 0.15) is 10.4 Å². The van der Waals surface area contributed by atoms with Gasteiger partial charge in [-0.3, -0.25) is 18.7 Å². The molecule has 1 N–H and O–H groups in total. The Morgan fingerprint density at radius 1 is 1.04 bits per heavy atom. The lowest BCUT2D eigenvalue weighted by atomic mass is 10.2. The summed E-state index contributed by atoms with van der Waals surface area (Å²) in [7, 11) is 2.91. The highest BCUT2D eigenvalue weighted by atomic mass is 16.2. The molecule has 0 spiro atoms. The third kappa shape index (κ3) is 2.77. The van der Waals surface area contributed by atoms with Gasteiger partial charge in [-0.2, -0.15) is 0 Å². The van der Waals surface area contributed by atoms with E-state index in [2.05, 4.69) is 15.3 Å².